The summed E-state index contributed by atoms with van der Waals surface area (Å²) in [6, 6.07) is 0.544. The second-order valence-electron chi connectivity index (χ2n) is 9.09. The van der Waals surface area contributed by atoms with E-state index < -0.39 is 0 Å². The average Bonchev–Trinajstić information content (AvgIpc) is 3.05. The molecule has 1 fully saturated rings. The lowest BCUT2D eigenvalue weighted by atomic mass is 9.53. The van der Waals surface area contributed by atoms with Gasteiger partial charge in [-0.15, -0.1) is 0 Å². The van der Waals surface area contributed by atoms with Gasteiger partial charge in [-0.2, -0.15) is 5.10 Å². The Hall–Kier alpha value is -1.76. The highest BCUT2D eigenvalue weighted by molar-refractivity contribution is 5.39. The monoisotopic (exact) mass is 339 g/mol. The highest BCUT2D eigenvalue weighted by atomic mass is 16.3. The zero-order valence-corrected chi connectivity index (χ0v) is 15.7. The van der Waals surface area contributed by atoms with Crippen LogP contribution < -0.4 is 0 Å². The van der Waals surface area contributed by atoms with Crippen molar-refractivity contribution in [3.63, 3.8) is 0 Å². The molecule has 0 bridgehead atoms. The highest BCUT2D eigenvalue weighted by Crippen LogP contribution is 2.58. The molecule has 0 amide bonds. The zero-order valence-electron chi connectivity index (χ0n) is 15.7. The van der Waals surface area contributed by atoms with Crippen molar-refractivity contribution in [2.75, 3.05) is 0 Å². The maximum Gasteiger partial charge on any atom is 0.203 e. The Morgan fingerprint density at radius 1 is 1.20 bits per heavy atom. The van der Waals surface area contributed by atoms with Crippen LogP contribution in [0.2, 0.25) is 0 Å². The van der Waals surface area contributed by atoms with Crippen LogP contribution >= 0.6 is 0 Å². The molecule has 0 spiro atoms. The minimum absolute atomic E-state index is 0.150. The molecule has 3 aliphatic carbocycles. The van der Waals surface area contributed by atoms with Gasteiger partial charge in [0.15, 0.2) is 0 Å². The van der Waals surface area contributed by atoms with Crippen LogP contribution in [-0.4, -0.2) is 14.9 Å². The number of aryl methyl sites for hydroxylation is 1. The van der Waals surface area contributed by atoms with Crippen molar-refractivity contribution in [3.05, 3.63) is 40.3 Å². The van der Waals surface area contributed by atoms with Gasteiger partial charge in [0.25, 0.3) is 0 Å². The summed E-state index contributed by atoms with van der Waals surface area (Å²) in [5.74, 6) is 0.632. The predicted molar refractivity (Wildman–Crippen MR) is 98.2 cm³/mol. The molecule has 1 aromatic heterocycles. The Balaban J connectivity index is 1.78. The summed E-state index contributed by atoms with van der Waals surface area (Å²) in [6.07, 6.45) is 11.4. The second-order valence-corrected chi connectivity index (χ2v) is 9.09. The van der Waals surface area contributed by atoms with E-state index in [4.69, 9.17) is 11.7 Å². The van der Waals surface area contributed by atoms with Crippen LogP contribution in [0.5, 0.6) is 0 Å². The van der Waals surface area contributed by atoms with E-state index in [9.17, 15) is 5.11 Å². The number of aliphatic hydroxyl groups is 1. The van der Waals surface area contributed by atoms with E-state index in [1.165, 1.54) is 43.4 Å². The molecule has 0 aromatic carbocycles. The zero-order chi connectivity index (χ0) is 17.8. The highest BCUT2D eigenvalue weighted by Gasteiger charge is 2.54. The second kappa shape index (κ2) is 5.62. The van der Waals surface area contributed by atoms with Gasteiger partial charge in [-0.3, -0.25) is 4.68 Å². The lowest BCUT2D eigenvalue weighted by molar-refractivity contribution is 0.0625. The summed E-state index contributed by atoms with van der Waals surface area (Å²) in [5.41, 5.74) is 2.58. The molecule has 2 atom stereocenters. The van der Waals surface area contributed by atoms with E-state index in [0.29, 0.717) is 29.8 Å². The summed E-state index contributed by atoms with van der Waals surface area (Å²) >= 11 is 0. The van der Waals surface area contributed by atoms with Gasteiger partial charge in [-0.05, 0) is 43.6 Å². The van der Waals surface area contributed by atoms with Gasteiger partial charge >= 0.3 is 0 Å². The van der Waals surface area contributed by atoms with Crippen LogP contribution in [0.15, 0.2) is 17.7 Å². The summed E-state index contributed by atoms with van der Waals surface area (Å²) in [5, 5.41) is 15.7. The number of rotatable bonds is 1. The van der Waals surface area contributed by atoms with Gasteiger partial charge in [-0.25, -0.2) is 4.85 Å². The third-order valence-electron chi connectivity index (χ3n) is 7.19. The van der Waals surface area contributed by atoms with Crippen LogP contribution in [0.25, 0.3) is 4.85 Å². The van der Waals surface area contributed by atoms with Gasteiger partial charge in [0, 0.05) is 17.0 Å². The number of hydrogen-bond donors (Lipinski definition) is 1. The normalized spacial score (nSPS) is 32.0. The molecule has 0 saturated heterocycles. The maximum atomic E-state index is 10.6. The van der Waals surface area contributed by atoms with Crippen molar-refractivity contribution in [1.29, 1.82) is 0 Å². The molecule has 4 rings (SSSR count). The Morgan fingerprint density at radius 3 is 2.60 bits per heavy atom. The van der Waals surface area contributed by atoms with Gasteiger partial charge in [0.05, 0.1) is 18.3 Å². The van der Waals surface area contributed by atoms with E-state index in [1.807, 2.05) is 0 Å². The summed E-state index contributed by atoms with van der Waals surface area (Å²) in [6.45, 7) is 14.0. The topological polar surface area (TPSA) is 42.4 Å². The molecule has 3 aliphatic rings. The fourth-order valence-electron chi connectivity index (χ4n) is 5.83. The van der Waals surface area contributed by atoms with Gasteiger partial charge in [-0.1, -0.05) is 40.0 Å². The van der Waals surface area contributed by atoms with Crippen molar-refractivity contribution >= 4 is 0 Å². The Kier molecular flexibility index (Phi) is 3.76. The molecule has 1 heterocycles. The molecule has 0 radical (unpaired) electrons. The molecule has 4 nitrogen and oxygen atoms in total. The standard InChI is InChI=1S/C21H29N3O/c1-20(2)17-11-10-14-13-24(15-8-6-5-7-9-15)23-18(14)21(17,3)12-16(22-4)19(20)25/h13,15,17,25H,5-12H2,1-3H3/t17-,21-/m0/s1. The first-order chi connectivity index (χ1) is 11.9. The lowest BCUT2D eigenvalue weighted by Crippen LogP contribution is -2.49. The molecule has 0 unspecified atom stereocenters. The number of aromatic nitrogens is 2. The molecule has 0 aliphatic heterocycles. The molecule has 134 valence electrons. The first-order valence-electron chi connectivity index (χ1n) is 9.76. The fourth-order valence-corrected chi connectivity index (χ4v) is 5.83. The SMILES string of the molecule is [C-]#[N+]C1=C(O)C(C)(C)[C@@H]2CCc3cn(C4CCCCC4)nc3[C@@]2(C)C1. The number of nitrogens with zero attached hydrogens (tertiary/aromatic N) is 3. The minimum atomic E-state index is -0.362. The molecule has 1 saturated carbocycles. The smallest absolute Gasteiger partial charge is 0.203 e. The molecular formula is C21H29N3O. The molecule has 1 N–H and O–H groups in total. The number of hydrogen-bond acceptors (Lipinski definition) is 2. The predicted octanol–water partition coefficient (Wildman–Crippen LogP) is 5.33. The third kappa shape index (κ3) is 2.35. The first kappa shape index (κ1) is 16.7. The number of fused-ring (bicyclic) bond motifs is 3. The van der Waals surface area contributed by atoms with Gasteiger partial charge in [0.1, 0.15) is 5.76 Å². The summed E-state index contributed by atoms with van der Waals surface area (Å²) in [7, 11) is 0. The van der Waals surface area contributed by atoms with E-state index in [2.05, 4.69) is 36.5 Å². The van der Waals surface area contributed by atoms with Crippen LogP contribution in [-0.2, 0) is 11.8 Å². The van der Waals surface area contributed by atoms with Crippen molar-refractivity contribution < 1.29 is 5.11 Å². The molecule has 1 aromatic rings. The Labute approximate surface area is 150 Å². The lowest BCUT2D eigenvalue weighted by Gasteiger charge is -2.51. The Morgan fingerprint density at radius 2 is 1.92 bits per heavy atom. The van der Waals surface area contributed by atoms with Crippen LogP contribution in [0.4, 0.5) is 0 Å². The van der Waals surface area contributed by atoms with Crippen LogP contribution in [0.3, 0.4) is 0 Å². The van der Waals surface area contributed by atoms with Crippen molar-refractivity contribution in [2.24, 2.45) is 11.3 Å². The number of allylic oxidation sites excluding steroid dienone is 2. The van der Waals surface area contributed by atoms with Crippen LogP contribution in [0, 0.1) is 17.9 Å². The average molecular weight is 339 g/mol. The quantitative estimate of drug-likeness (QED) is 0.703. The van der Waals surface area contributed by atoms with Crippen LogP contribution in [0.1, 0.15) is 83.0 Å². The summed E-state index contributed by atoms with van der Waals surface area (Å²) < 4.78 is 2.24. The summed E-state index contributed by atoms with van der Waals surface area (Å²) in [4.78, 5) is 3.68. The van der Waals surface area contributed by atoms with Crippen molar-refractivity contribution in [3.8, 4) is 0 Å². The minimum Gasteiger partial charge on any atom is -0.523 e. The number of aliphatic hydroxyl groups excluding tert-OH is 1. The van der Waals surface area contributed by atoms with E-state index in [0.717, 1.165) is 12.8 Å². The van der Waals surface area contributed by atoms with E-state index in [-0.39, 0.29) is 10.8 Å². The van der Waals surface area contributed by atoms with Crippen molar-refractivity contribution in [1.82, 2.24) is 9.78 Å². The molecular weight excluding hydrogens is 310 g/mol. The molecule has 25 heavy (non-hydrogen) atoms. The Bertz CT molecular complexity index is 761. The van der Waals surface area contributed by atoms with Gasteiger partial charge in [0.2, 0.25) is 5.70 Å². The fraction of sp³-hybridized carbons (Fsp3) is 0.714. The van der Waals surface area contributed by atoms with Gasteiger partial charge < -0.3 is 5.11 Å². The van der Waals surface area contributed by atoms with E-state index in [1.54, 1.807) is 0 Å². The van der Waals surface area contributed by atoms with E-state index >= 15 is 0 Å². The molecule has 4 heteroatoms. The largest absolute Gasteiger partial charge is 0.523 e. The first-order valence-corrected chi connectivity index (χ1v) is 9.76. The maximum absolute atomic E-state index is 10.6. The van der Waals surface area contributed by atoms with Crippen molar-refractivity contribution in [2.45, 2.75) is 83.6 Å². The third-order valence-corrected chi connectivity index (χ3v) is 7.19.